The Labute approximate surface area is 126 Å². The number of thiocarbonyl (C=S) groups is 1. The van der Waals surface area contributed by atoms with E-state index in [4.69, 9.17) is 40.0 Å². The molecule has 0 atom stereocenters. The van der Waals surface area contributed by atoms with E-state index in [0.29, 0.717) is 22.1 Å². The van der Waals surface area contributed by atoms with Gasteiger partial charge in [-0.1, -0.05) is 36.0 Å². The molecule has 0 aliphatic rings. The molecule has 0 aromatic heterocycles. The van der Waals surface area contributed by atoms with Gasteiger partial charge in [0.25, 0.3) is 5.91 Å². The van der Waals surface area contributed by atoms with Crippen molar-refractivity contribution in [1.82, 2.24) is 0 Å². The van der Waals surface area contributed by atoms with Crippen molar-refractivity contribution in [1.29, 1.82) is 0 Å². The fourth-order valence-corrected chi connectivity index (χ4v) is 1.96. The molecule has 0 saturated heterocycles. The standard InChI is InChI=1S/C14H11ClN2O2S/c15-10-7-8(14(17)20)5-6-12(10)19-11-4-2-1-3-9(11)13(16)18/h1-7H,(H2,16,18)(H2,17,20). The van der Waals surface area contributed by atoms with Crippen LogP contribution in [0.4, 0.5) is 0 Å². The van der Waals surface area contributed by atoms with E-state index in [9.17, 15) is 4.79 Å². The number of rotatable bonds is 4. The van der Waals surface area contributed by atoms with Gasteiger partial charge in [-0.15, -0.1) is 0 Å². The maximum Gasteiger partial charge on any atom is 0.252 e. The highest BCUT2D eigenvalue weighted by Crippen LogP contribution is 2.31. The highest BCUT2D eigenvalue weighted by molar-refractivity contribution is 7.80. The number of hydrogen-bond acceptors (Lipinski definition) is 3. The van der Waals surface area contributed by atoms with Gasteiger partial charge in [0.1, 0.15) is 16.5 Å². The minimum Gasteiger partial charge on any atom is -0.455 e. The number of nitrogens with two attached hydrogens (primary N) is 2. The van der Waals surface area contributed by atoms with Gasteiger partial charge in [-0.2, -0.15) is 0 Å². The van der Waals surface area contributed by atoms with Crippen LogP contribution >= 0.6 is 23.8 Å². The first-order valence-electron chi connectivity index (χ1n) is 5.65. The number of benzene rings is 2. The SMILES string of the molecule is NC(=O)c1ccccc1Oc1ccc(C(N)=S)cc1Cl. The molecule has 0 aliphatic carbocycles. The number of carbonyl (C=O) groups is 1. The Morgan fingerprint density at radius 2 is 1.80 bits per heavy atom. The molecule has 0 aliphatic heterocycles. The van der Waals surface area contributed by atoms with Gasteiger partial charge >= 0.3 is 0 Å². The second-order valence-electron chi connectivity index (χ2n) is 3.97. The van der Waals surface area contributed by atoms with Gasteiger partial charge in [0.05, 0.1) is 10.6 Å². The molecule has 0 unspecified atom stereocenters. The molecular formula is C14H11ClN2O2S. The molecular weight excluding hydrogens is 296 g/mol. The smallest absolute Gasteiger partial charge is 0.252 e. The Bertz CT molecular complexity index is 689. The molecule has 2 aromatic rings. The van der Waals surface area contributed by atoms with E-state index in [1.165, 1.54) is 0 Å². The third kappa shape index (κ3) is 3.07. The van der Waals surface area contributed by atoms with Gasteiger partial charge in [0, 0.05) is 5.56 Å². The molecule has 6 heteroatoms. The first-order chi connectivity index (χ1) is 9.49. The summed E-state index contributed by atoms with van der Waals surface area (Å²) in [7, 11) is 0. The van der Waals surface area contributed by atoms with E-state index in [-0.39, 0.29) is 10.6 Å². The Morgan fingerprint density at radius 3 is 2.40 bits per heavy atom. The number of ether oxygens (including phenoxy) is 1. The Morgan fingerprint density at radius 1 is 1.10 bits per heavy atom. The van der Waals surface area contributed by atoms with Crippen molar-refractivity contribution in [2.75, 3.05) is 0 Å². The molecule has 20 heavy (non-hydrogen) atoms. The predicted octanol–water partition coefficient (Wildman–Crippen LogP) is 2.87. The Balaban J connectivity index is 2.36. The van der Waals surface area contributed by atoms with Crippen LogP contribution in [0, 0.1) is 0 Å². The molecule has 0 heterocycles. The average Bonchev–Trinajstić information content (AvgIpc) is 2.41. The first-order valence-corrected chi connectivity index (χ1v) is 6.43. The van der Waals surface area contributed by atoms with Crippen molar-refractivity contribution in [3.05, 3.63) is 58.6 Å². The molecule has 0 bridgehead atoms. The normalized spacial score (nSPS) is 10.1. The first kappa shape index (κ1) is 14.3. The van der Waals surface area contributed by atoms with Crippen molar-refractivity contribution in [3.63, 3.8) is 0 Å². The van der Waals surface area contributed by atoms with E-state index >= 15 is 0 Å². The molecule has 1 amide bonds. The summed E-state index contributed by atoms with van der Waals surface area (Å²) in [6.07, 6.45) is 0. The fraction of sp³-hybridized carbons (Fsp3) is 0. The van der Waals surface area contributed by atoms with Crippen LogP contribution in [0.3, 0.4) is 0 Å². The van der Waals surface area contributed by atoms with E-state index in [0.717, 1.165) is 0 Å². The third-order valence-electron chi connectivity index (χ3n) is 2.59. The number of primary amides is 1. The van der Waals surface area contributed by atoms with Gasteiger partial charge in [-0.25, -0.2) is 0 Å². The zero-order valence-corrected chi connectivity index (χ0v) is 11.9. The second kappa shape index (κ2) is 5.90. The van der Waals surface area contributed by atoms with Crippen molar-refractivity contribution < 1.29 is 9.53 Å². The lowest BCUT2D eigenvalue weighted by molar-refractivity contribution is 0.0998. The maximum absolute atomic E-state index is 11.3. The molecule has 4 N–H and O–H groups in total. The summed E-state index contributed by atoms with van der Waals surface area (Å²) in [5.74, 6) is 0.154. The van der Waals surface area contributed by atoms with Gasteiger partial charge in [0.2, 0.25) is 0 Å². The largest absolute Gasteiger partial charge is 0.455 e. The van der Waals surface area contributed by atoms with Gasteiger partial charge in [0.15, 0.2) is 0 Å². The van der Waals surface area contributed by atoms with Gasteiger partial charge < -0.3 is 16.2 Å². The van der Waals surface area contributed by atoms with Crippen LogP contribution in [0.25, 0.3) is 0 Å². The number of hydrogen-bond donors (Lipinski definition) is 2. The van der Waals surface area contributed by atoms with Crippen molar-refractivity contribution in [3.8, 4) is 11.5 Å². The van der Waals surface area contributed by atoms with Crippen LogP contribution in [0.1, 0.15) is 15.9 Å². The van der Waals surface area contributed by atoms with E-state index in [1.54, 1.807) is 42.5 Å². The van der Waals surface area contributed by atoms with E-state index in [1.807, 2.05) is 0 Å². The quantitative estimate of drug-likeness (QED) is 0.851. The summed E-state index contributed by atoms with van der Waals surface area (Å²) in [6, 6.07) is 11.6. The second-order valence-corrected chi connectivity index (χ2v) is 4.82. The summed E-state index contributed by atoms with van der Waals surface area (Å²) in [6.45, 7) is 0. The lowest BCUT2D eigenvalue weighted by atomic mass is 10.2. The molecule has 102 valence electrons. The van der Waals surface area contributed by atoms with Crippen LogP contribution in [0.15, 0.2) is 42.5 Å². The summed E-state index contributed by atoms with van der Waals surface area (Å²) >= 11 is 11.0. The number of amides is 1. The zero-order chi connectivity index (χ0) is 14.7. The molecule has 2 rings (SSSR count). The Hall–Kier alpha value is -2.11. The minimum absolute atomic E-state index is 0.246. The number of carbonyl (C=O) groups excluding carboxylic acids is 1. The minimum atomic E-state index is -0.573. The molecule has 0 saturated carbocycles. The number of para-hydroxylation sites is 1. The lowest BCUT2D eigenvalue weighted by Gasteiger charge is -2.11. The van der Waals surface area contributed by atoms with Gasteiger partial charge in [-0.3, -0.25) is 4.79 Å². The molecule has 4 nitrogen and oxygen atoms in total. The monoisotopic (exact) mass is 306 g/mol. The van der Waals surface area contributed by atoms with Crippen LogP contribution in [-0.4, -0.2) is 10.9 Å². The molecule has 0 radical (unpaired) electrons. The lowest BCUT2D eigenvalue weighted by Crippen LogP contribution is -2.12. The van der Waals surface area contributed by atoms with Crippen LogP contribution in [0.5, 0.6) is 11.5 Å². The van der Waals surface area contributed by atoms with E-state index < -0.39 is 5.91 Å². The van der Waals surface area contributed by atoms with Crippen LogP contribution < -0.4 is 16.2 Å². The number of halogens is 1. The van der Waals surface area contributed by atoms with Crippen LogP contribution in [-0.2, 0) is 0 Å². The zero-order valence-electron chi connectivity index (χ0n) is 10.3. The average molecular weight is 307 g/mol. The van der Waals surface area contributed by atoms with E-state index in [2.05, 4.69) is 0 Å². The fourth-order valence-electron chi connectivity index (χ4n) is 1.61. The highest BCUT2D eigenvalue weighted by atomic mass is 35.5. The van der Waals surface area contributed by atoms with Crippen molar-refractivity contribution in [2.24, 2.45) is 11.5 Å². The summed E-state index contributed by atoms with van der Waals surface area (Å²) < 4.78 is 5.62. The van der Waals surface area contributed by atoms with Gasteiger partial charge in [-0.05, 0) is 30.3 Å². The summed E-state index contributed by atoms with van der Waals surface area (Å²) in [5, 5.41) is 0.342. The Kier molecular flexibility index (Phi) is 4.22. The molecule has 0 fully saturated rings. The van der Waals surface area contributed by atoms with Crippen molar-refractivity contribution >= 4 is 34.7 Å². The highest BCUT2D eigenvalue weighted by Gasteiger charge is 2.11. The van der Waals surface area contributed by atoms with Crippen molar-refractivity contribution in [2.45, 2.75) is 0 Å². The molecule has 2 aromatic carbocycles. The summed E-state index contributed by atoms with van der Waals surface area (Å²) in [5.41, 5.74) is 11.7. The molecule has 0 spiro atoms. The third-order valence-corrected chi connectivity index (χ3v) is 3.12. The maximum atomic E-state index is 11.3. The van der Waals surface area contributed by atoms with Crippen LogP contribution in [0.2, 0.25) is 5.02 Å². The predicted molar refractivity (Wildman–Crippen MR) is 82.4 cm³/mol. The topological polar surface area (TPSA) is 78.3 Å². The summed E-state index contributed by atoms with van der Waals surface area (Å²) in [4.78, 5) is 11.6.